The summed E-state index contributed by atoms with van der Waals surface area (Å²) in [7, 11) is 0. The van der Waals surface area contributed by atoms with Crippen LogP contribution in [0.5, 0.6) is 0 Å². The van der Waals surface area contributed by atoms with Crippen molar-refractivity contribution in [3.8, 4) is 6.07 Å². The van der Waals surface area contributed by atoms with Gasteiger partial charge in [0.25, 0.3) is 5.69 Å². The largest absolute Gasteiger partial charge is 0.324 e. The number of carbonyl (C=O) groups is 1. The number of nitro benzene ring substituents is 1. The molecular formula is C14H14FN3O3. The molecule has 110 valence electrons. The second-order valence-corrected chi connectivity index (χ2v) is 5.16. The Kier molecular flexibility index (Phi) is 4.17. The first-order valence-corrected chi connectivity index (χ1v) is 6.64. The average molecular weight is 291 g/mol. The molecule has 0 spiro atoms. The van der Waals surface area contributed by atoms with Gasteiger partial charge in [-0.15, -0.1) is 0 Å². The van der Waals surface area contributed by atoms with Crippen LogP contribution in [0.2, 0.25) is 0 Å². The lowest BCUT2D eigenvalue weighted by molar-refractivity contribution is -0.385. The van der Waals surface area contributed by atoms with Crippen molar-refractivity contribution in [3.05, 3.63) is 34.1 Å². The fourth-order valence-electron chi connectivity index (χ4n) is 2.55. The van der Waals surface area contributed by atoms with Gasteiger partial charge in [-0.25, -0.2) is 4.39 Å². The number of amides is 1. The van der Waals surface area contributed by atoms with Crippen molar-refractivity contribution >= 4 is 17.3 Å². The molecule has 7 heteroatoms. The second kappa shape index (κ2) is 5.87. The first-order chi connectivity index (χ1) is 9.97. The smallest absolute Gasteiger partial charge is 0.274 e. The predicted molar refractivity (Wildman–Crippen MR) is 72.8 cm³/mol. The lowest BCUT2D eigenvalue weighted by Crippen LogP contribution is -2.36. The Labute approximate surface area is 120 Å². The number of nitro groups is 1. The van der Waals surface area contributed by atoms with E-state index in [2.05, 4.69) is 5.32 Å². The number of benzene rings is 1. The number of nitriles is 1. The maximum Gasteiger partial charge on any atom is 0.274 e. The molecule has 0 heterocycles. The molecule has 21 heavy (non-hydrogen) atoms. The normalized spacial score (nSPS) is 16.8. The molecule has 1 aromatic carbocycles. The van der Waals surface area contributed by atoms with Crippen molar-refractivity contribution in [1.82, 2.24) is 0 Å². The minimum Gasteiger partial charge on any atom is -0.324 e. The molecule has 1 saturated carbocycles. The summed E-state index contributed by atoms with van der Waals surface area (Å²) in [5.41, 5.74) is -1.58. The molecule has 1 fully saturated rings. The Morgan fingerprint density at radius 1 is 1.33 bits per heavy atom. The summed E-state index contributed by atoms with van der Waals surface area (Å²) in [6.45, 7) is 0. The zero-order chi connectivity index (χ0) is 15.5. The van der Waals surface area contributed by atoms with Gasteiger partial charge in [0.1, 0.15) is 11.2 Å². The van der Waals surface area contributed by atoms with Crippen LogP contribution in [0, 0.1) is 32.7 Å². The summed E-state index contributed by atoms with van der Waals surface area (Å²) in [6.07, 6.45) is 3.44. The number of nitrogens with zero attached hydrogens (tertiary/aromatic N) is 2. The third kappa shape index (κ3) is 3.16. The van der Waals surface area contributed by atoms with E-state index in [9.17, 15) is 24.6 Å². The molecule has 0 radical (unpaired) electrons. The van der Waals surface area contributed by atoms with Gasteiger partial charge in [-0.1, -0.05) is 19.3 Å². The van der Waals surface area contributed by atoms with Gasteiger partial charge in [-0.2, -0.15) is 5.26 Å². The Balaban J connectivity index is 2.23. The first kappa shape index (κ1) is 14.9. The molecular weight excluding hydrogens is 277 g/mol. The SMILES string of the molecule is N#CC1(C(=O)Nc2cc(F)cc([N+](=O)[O-])c2)CCCCC1. The van der Waals surface area contributed by atoms with Gasteiger partial charge in [0, 0.05) is 6.07 Å². The second-order valence-electron chi connectivity index (χ2n) is 5.16. The van der Waals surface area contributed by atoms with E-state index in [1.54, 1.807) is 0 Å². The highest BCUT2D eigenvalue weighted by atomic mass is 19.1. The lowest BCUT2D eigenvalue weighted by Gasteiger charge is -2.29. The molecule has 1 aliphatic carbocycles. The lowest BCUT2D eigenvalue weighted by atomic mass is 9.74. The fraction of sp³-hybridized carbons (Fsp3) is 0.429. The summed E-state index contributed by atoms with van der Waals surface area (Å²) in [4.78, 5) is 22.2. The van der Waals surface area contributed by atoms with Crippen LogP contribution < -0.4 is 5.32 Å². The van der Waals surface area contributed by atoms with E-state index >= 15 is 0 Å². The van der Waals surface area contributed by atoms with E-state index in [0.29, 0.717) is 12.8 Å². The molecule has 0 aromatic heterocycles. The van der Waals surface area contributed by atoms with Gasteiger partial charge in [0.2, 0.25) is 5.91 Å². The maximum atomic E-state index is 13.3. The standard InChI is InChI=1S/C14H14FN3O3/c15-10-6-11(8-12(7-10)18(20)21)17-13(19)14(9-16)4-2-1-3-5-14/h6-8H,1-5H2,(H,17,19). The van der Waals surface area contributed by atoms with Crippen molar-refractivity contribution in [2.24, 2.45) is 5.41 Å². The summed E-state index contributed by atoms with van der Waals surface area (Å²) >= 11 is 0. The summed E-state index contributed by atoms with van der Waals surface area (Å²) < 4.78 is 13.3. The van der Waals surface area contributed by atoms with Crippen LogP contribution in [-0.2, 0) is 4.79 Å². The zero-order valence-corrected chi connectivity index (χ0v) is 11.3. The number of halogens is 1. The summed E-state index contributed by atoms with van der Waals surface area (Å²) in [5, 5.41) is 22.4. The quantitative estimate of drug-likeness (QED) is 0.683. The Morgan fingerprint density at radius 3 is 2.57 bits per heavy atom. The Morgan fingerprint density at radius 2 is 2.00 bits per heavy atom. The Bertz CT molecular complexity index is 618. The molecule has 0 unspecified atom stereocenters. The van der Waals surface area contributed by atoms with Gasteiger partial charge in [-0.3, -0.25) is 14.9 Å². The molecule has 1 aliphatic rings. The molecule has 6 nitrogen and oxygen atoms in total. The van der Waals surface area contributed by atoms with E-state index in [1.807, 2.05) is 6.07 Å². The first-order valence-electron chi connectivity index (χ1n) is 6.64. The average Bonchev–Trinajstić information content (AvgIpc) is 2.47. The third-order valence-corrected chi connectivity index (χ3v) is 3.71. The van der Waals surface area contributed by atoms with Gasteiger partial charge < -0.3 is 5.32 Å². The maximum absolute atomic E-state index is 13.3. The van der Waals surface area contributed by atoms with Gasteiger partial charge in [0.15, 0.2) is 0 Å². The minimum absolute atomic E-state index is 0.00750. The van der Waals surface area contributed by atoms with Crippen molar-refractivity contribution in [3.63, 3.8) is 0 Å². The van der Waals surface area contributed by atoms with E-state index in [0.717, 1.165) is 37.5 Å². The highest BCUT2D eigenvalue weighted by Crippen LogP contribution is 2.37. The van der Waals surface area contributed by atoms with Gasteiger partial charge in [-0.05, 0) is 18.9 Å². The van der Waals surface area contributed by atoms with Crippen LogP contribution >= 0.6 is 0 Å². The number of anilines is 1. The van der Waals surface area contributed by atoms with Crippen LogP contribution in [0.3, 0.4) is 0 Å². The molecule has 0 aliphatic heterocycles. The molecule has 0 atom stereocenters. The molecule has 0 saturated heterocycles. The number of hydrogen-bond donors (Lipinski definition) is 1. The van der Waals surface area contributed by atoms with Crippen molar-refractivity contribution in [1.29, 1.82) is 5.26 Å². The Hall–Kier alpha value is -2.49. The van der Waals surface area contributed by atoms with E-state index < -0.39 is 27.8 Å². The predicted octanol–water partition coefficient (Wildman–Crippen LogP) is 3.15. The highest BCUT2D eigenvalue weighted by molar-refractivity contribution is 5.97. The summed E-state index contributed by atoms with van der Waals surface area (Å²) in [6, 6.07) is 4.90. The van der Waals surface area contributed by atoms with Crippen LogP contribution in [0.4, 0.5) is 15.8 Å². The molecule has 0 bridgehead atoms. The van der Waals surface area contributed by atoms with Crippen molar-refractivity contribution in [2.75, 3.05) is 5.32 Å². The van der Waals surface area contributed by atoms with E-state index in [4.69, 9.17) is 0 Å². The van der Waals surface area contributed by atoms with E-state index in [1.165, 1.54) is 0 Å². The van der Waals surface area contributed by atoms with Gasteiger partial charge in [0.05, 0.1) is 22.7 Å². The number of non-ortho nitro benzene ring substituents is 1. The zero-order valence-electron chi connectivity index (χ0n) is 11.3. The monoisotopic (exact) mass is 291 g/mol. The number of hydrogen-bond acceptors (Lipinski definition) is 4. The van der Waals surface area contributed by atoms with Gasteiger partial charge >= 0.3 is 0 Å². The minimum atomic E-state index is -1.13. The van der Waals surface area contributed by atoms with Crippen LogP contribution in [0.1, 0.15) is 32.1 Å². The molecule has 2 rings (SSSR count). The number of carbonyl (C=O) groups excluding carboxylic acids is 1. The molecule has 1 N–H and O–H groups in total. The highest BCUT2D eigenvalue weighted by Gasteiger charge is 2.39. The number of nitrogens with one attached hydrogen (secondary N) is 1. The number of rotatable bonds is 3. The molecule has 1 amide bonds. The fourth-order valence-corrected chi connectivity index (χ4v) is 2.55. The molecule has 1 aromatic rings. The van der Waals surface area contributed by atoms with Crippen LogP contribution in [-0.4, -0.2) is 10.8 Å². The van der Waals surface area contributed by atoms with Crippen LogP contribution in [0.25, 0.3) is 0 Å². The van der Waals surface area contributed by atoms with E-state index in [-0.39, 0.29) is 5.69 Å². The van der Waals surface area contributed by atoms with Crippen molar-refractivity contribution < 1.29 is 14.1 Å². The topological polar surface area (TPSA) is 96.0 Å². The third-order valence-electron chi connectivity index (χ3n) is 3.71. The van der Waals surface area contributed by atoms with Crippen molar-refractivity contribution in [2.45, 2.75) is 32.1 Å². The van der Waals surface area contributed by atoms with Crippen LogP contribution in [0.15, 0.2) is 18.2 Å². The summed E-state index contributed by atoms with van der Waals surface area (Å²) in [5.74, 6) is -1.33.